The van der Waals surface area contributed by atoms with E-state index in [-0.39, 0.29) is 6.29 Å². The maximum atomic E-state index is 13.9. The zero-order valence-corrected chi connectivity index (χ0v) is 17.8. The van der Waals surface area contributed by atoms with Crippen LogP contribution in [0.2, 0.25) is 0 Å². The number of ether oxygens (including phenoxy) is 3. The molecule has 2 aliphatic carbocycles. The van der Waals surface area contributed by atoms with Gasteiger partial charge >= 0.3 is 6.61 Å². The highest BCUT2D eigenvalue weighted by atomic mass is 19.3. The molecule has 174 valence electrons. The number of hydrogen-bond acceptors (Lipinski definition) is 3. The molecule has 1 aromatic carbocycles. The highest BCUT2D eigenvalue weighted by Gasteiger charge is 2.35. The summed E-state index contributed by atoms with van der Waals surface area (Å²) in [5, 5.41) is 0. The zero-order chi connectivity index (χ0) is 21.8. The minimum Gasteiger partial charge on any atom is -0.429 e. The Morgan fingerprint density at radius 1 is 0.839 bits per heavy atom. The van der Waals surface area contributed by atoms with Gasteiger partial charge in [0.15, 0.2) is 23.7 Å². The number of aryl methyl sites for hydroxylation is 1. The second-order valence-electron chi connectivity index (χ2n) is 9.43. The largest absolute Gasteiger partial charge is 0.429 e. The summed E-state index contributed by atoms with van der Waals surface area (Å²) in [6.45, 7) is -1.62. The van der Waals surface area contributed by atoms with Gasteiger partial charge in [0.2, 0.25) is 0 Å². The molecule has 1 saturated heterocycles. The highest BCUT2D eigenvalue weighted by molar-refractivity contribution is 5.31. The average molecular weight is 445 g/mol. The first-order chi connectivity index (χ1) is 15.0. The van der Waals surface area contributed by atoms with Crippen LogP contribution in [0.3, 0.4) is 0 Å². The lowest BCUT2D eigenvalue weighted by molar-refractivity contribution is -0.235. The standard InChI is InChI=1S/C24H32F4O3/c25-20-11-16(12-21(26)22(20)31-24(27)28)6-5-15-7-9-18(10-8-15)23-29-13-19(14-30-23)17-3-1-2-4-17/h11-12,15,17-19,23-24H,1-10,13-14H2. The van der Waals surface area contributed by atoms with Gasteiger partial charge in [-0.05, 0) is 68.1 Å². The zero-order valence-electron chi connectivity index (χ0n) is 17.8. The lowest BCUT2D eigenvalue weighted by atomic mass is 9.79. The highest BCUT2D eigenvalue weighted by Crippen LogP contribution is 2.39. The Morgan fingerprint density at radius 3 is 2.03 bits per heavy atom. The van der Waals surface area contributed by atoms with Crippen LogP contribution in [0.25, 0.3) is 0 Å². The molecule has 0 aromatic heterocycles. The maximum absolute atomic E-state index is 13.9. The molecule has 3 aliphatic rings. The molecule has 0 unspecified atom stereocenters. The quantitative estimate of drug-likeness (QED) is 0.450. The summed E-state index contributed by atoms with van der Waals surface area (Å²) in [7, 11) is 0. The molecule has 1 aliphatic heterocycles. The molecule has 0 radical (unpaired) electrons. The van der Waals surface area contributed by atoms with Crippen molar-refractivity contribution in [2.24, 2.45) is 23.7 Å². The van der Waals surface area contributed by atoms with Gasteiger partial charge in [0.25, 0.3) is 0 Å². The molecular weight excluding hydrogens is 412 g/mol. The molecule has 0 amide bonds. The summed E-state index contributed by atoms with van der Waals surface area (Å²) < 4.78 is 68.4. The first-order valence-corrected chi connectivity index (χ1v) is 11.7. The summed E-state index contributed by atoms with van der Waals surface area (Å²) in [5.41, 5.74) is 0.468. The van der Waals surface area contributed by atoms with Crippen molar-refractivity contribution in [3.8, 4) is 5.75 Å². The molecule has 0 atom stereocenters. The van der Waals surface area contributed by atoms with Crippen LogP contribution >= 0.6 is 0 Å². The van der Waals surface area contributed by atoms with Crippen LogP contribution in [0.5, 0.6) is 5.75 Å². The van der Waals surface area contributed by atoms with E-state index in [1.807, 2.05) is 0 Å². The van der Waals surface area contributed by atoms with E-state index in [0.29, 0.717) is 29.7 Å². The molecule has 31 heavy (non-hydrogen) atoms. The van der Waals surface area contributed by atoms with Gasteiger partial charge in [-0.15, -0.1) is 0 Å². The fraction of sp³-hybridized carbons (Fsp3) is 0.750. The van der Waals surface area contributed by atoms with Crippen LogP contribution in [0.1, 0.15) is 63.4 Å². The van der Waals surface area contributed by atoms with Crippen LogP contribution in [0.15, 0.2) is 12.1 Å². The van der Waals surface area contributed by atoms with Crippen LogP contribution in [-0.2, 0) is 15.9 Å². The van der Waals surface area contributed by atoms with E-state index in [2.05, 4.69) is 4.74 Å². The summed E-state index contributed by atoms with van der Waals surface area (Å²) >= 11 is 0. The van der Waals surface area contributed by atoms with E-state index in [1.54, 1.807) is 0 Å². The lowest BCUT2D eigenvalue weighted by Gasteiger charge is -2.39. The molecular formula is C24H32F4O3. The van der Waals surface area contributed by atoms with Gasteiger partial charge in [0.05, 0.1) is 13.2 Å². The first-order valence-electron chi connectivity index (χ1n) is 11.7. The van der Waals surface area contributed by atoms with Gasteiger partial charge in [-0.3, -0.25) is 0 Å². The summed E-state index contributed by atoms with van der Waals surface area (Å²) in [4.78, 5) is 0. The van der Waals surface area contributed by atoms with Crippen molar-refractivity contribution in [2.45, 2.75) is 77.1 Å². The smallest absolute Gasteiger partial charge is 0.387 e. The van der Waals surface area contributed by atoms with Crippen molar-refractivity contribution < 1.29 is 31.8 Å². The van der Waals surface area contributed by atoms with Gasteiger partial charge in [-0.2, -0.15) is 8.78 Å². The summed E-state index contributed by atoms with van der Waals surface area (Å²) in [6, 6.07) is 2.19. The van der Waals surface area contributed by atoms with Gasteiger partial charge in [0.1, 0.15) is 0 Å². The van der Waals surface area contributed by atoms with E-state index in [1.165, 1.54) is 25.7 Å². The van der Waals surface area contributed by atoms with E-state index in [9.17, 15) is 17.6 Å². The molecule has 2 saturated carbocycles. The van der Waals surface area contributed by atoms with Crippen molar-refractivity contribution in [3.05, 3.63) is 29.3 Å². The number of rotatable bonds is 7. The number of hydrogen-bond donors (Lipinski definition) is 0. The topological polar surface area (TPSA) is 27.7 Å². The predicted molar refractivity (Wildman–Crippen MR) is 108 cm³/mol. The molecule has 1 heterocycles. The second kappa shape index (κ2) is 10.5. The fourth-order valence-electron chi connectivity index (χ4n) is 5.58. The third-order valence-corrected chi connectivity index (χ3v) is 7.40. The third kappa shape index (κ3) is 5.92. The van der Waals surface area contributed by atoms with Crippen molar-refractivity contribution in [3.63, 3.8) is 0 Å². The van der Waals surface area contributed by atoms with Gasteiger partial charge < -0.3 is 14.2 Å². The van der Waals surface area contributed by atoms with E-state index in [4.69, 9.17) is 9.47 Å². The Labute approximate surface area is 181 Å². The Hall–Kier alpha value is -1.34. The van der Waals surface area contributed by atoms with Crippen LogP contribution in [-0.4, -0.2) is 26.1 Å². The SMILES string of the molecule is Fc1cc(CCC2CCC(C3OCC(C4CCCC4)CO3)CC2)cc(F)c1OC(F)F. The summed E-state index contributed by atoms with van der Waals surface area (Å²) in [6.07, 6.45) is 10.7. The second-order valence-corrected chi connectivity index (χ2v) is 9.43. The first kappa shape index (κ1) is 22.8. The maximum Gasteiger partial charge on any atom is 0.387 e. The van der Waals surface area contributed by atoms with Crippen LogP contribution in [0.4, 0.5) is 17.6 Å². The minimum absolute atomic E-state index is 0.0934. The van der Waals surface area contributed by atoms with Crippen molar-refractivity contribution in [1.82, 2.24) is 0 Å². The monoisotopic (exact) mass is 444 g/mol. The Morgan fingerprint density at radius 2 is 1.45 bits per heavy atom. The van der Waals surface area contributed by atoms with Gasteiger partial charge in [-0.1, -0.05) is 25.7 Å². The van der Waals surface area contributed by atoms with Crippen LogP contribution < -0.4 is 4.74 Å². The normalized spacial score (nSPS) is 30.1. The van der Waals surface area contributed by atoms with E-state index >= 15 is 0 Å². The summed E-state index contributed by atoms with van der Waals surface area (Å²) in [5.74, 6) is -0.962. The van der Waals surface area contributed by atoms with Crippen molar-refractivity contribution in [1.29, 1.82) is 0 Å². The van der Waals surface area contributed by atoms with Crippen molar-refractivity contribution >= 4 is 0 Å². The molecule has 3 nitrogen and oxygen atoms in total. The number of benzene rings is 1. The van der Waals surface area contributed by atoms with Gasteiger partial charge in [0, 0.05) is 11.8 Å². The molecule has 4 rings (SSSR count). The van der Waals surface area contributed by atoms with Crippen molar-refractivity contribution in [2.75, 3.05) is 13.2 Å². The Balaban J connectivity index is 1.19. The number of halogens is 4. The van der Waals surface area contributed by atoms with Crippen LogP contribution in [0, 0.1) is 35.3 Å². The third-order valence-electron chi connectivity index (χ3n) is 7.40. The Kier molecular flexibility index (Phi) is 7.75. The molecule has 0 bridgehead atoms. The van der Waals surface area contributed by atoms with Gasteiger partial charge in [-0.25, -0.2) is 8.78 Å². The average Bonchev–Trinajstić information content (AvgIpc) is 3.30. The Bertz CT molecular complexity index is 684. The molecule has 3 fully saturated rings. The van der Waals surface area contributed by atoms with E-state index < -0.39 is 24.0 Å². The number of alkyl halides is 2. The molecule has 0 N–H and O–H groups in total. The molecule has 1 aromatic rings. The fourth-order valence-corrected chi connectivity index (χ4v) is 5.58. The lowest BCUT2D eigenvalue weighted by Crippen LogP contribution is -2.40. The van der Waals surface area contributed by atoms with E-state index in [0.717, 1.165) is 63.4 Å². The minimum atomic E-state index is -3.25. The molecule has 0 spiro atoms. The predicted octanol–water partition coefficient (Wildman–Crippen LogP) is 6.48. The molecule has 7 heteroatoms.